The van der Waals surface area contributed by atoms with Crippen LogP contribution < -0.4 is 5.32 Å². The third kappa shape index (κ3) is 5.20. The first kappa shape index (κ1) is 20.0. The van der Waals surface area contributed by atoms with Crippen LogP contribution in [-0.2, 0) is 20.0 Å². The molecule has 23 heavy (non-hydrogen) atoms. The maximum atomic E-state index is 4.45. The topological polar surface area (TPSA) is 45.5 Å². The van der Waals surface area contributed by atoms with Crippen LogP contribution in [0.2, 0.25) is 0 Å². The largest absolute Gasteiger partial charge is 0.352 e. The standard InChI is InChI=1S/C16H25N5S.HI/c1-12-15(13(2)21(5)19-12)11-18-16(17-3)20(4)9-8-14-7-6-10-22-14;/h6-7,10H,8-9,11H2,1-5H3,(H,17,18);1H. The zero-order chi connectivity index (χ0) is 16.1. The lowest BCUT2D eigenvalue weighted by atomic mass is 10.2. The van der Waals surface area contributed by atoms with Crippen molar-refractivity contribution in [3.63, 3.8) is 0 Å². The third-order valence-corrected chi connectivity index (χ3v) is 4.87. The van der Waals surface area contributed by atoms with Gasteiger partial charge in [0, 0.05) is 50.4 Å². The first-order valence-electron chi connectivity index (χ1n) is 7.46. The number of likely N-dealkylation sites (N-methyl/N-ethyl adjacent to an activating group) is 1. The zero-order valence-corrected chi connectivity index (χ0v) is 17.6. The molecule has 2 aromatic rings. The first-order valence-corrected chi connectivity index (χ1v) is 8.34. The number of aromatic nitrogens is 2. The molecule has 0 unspecified atom stereocenters. The zero-order valence-electron chi connectivity index (χ0n) is 14.5. The second-order valence-corrected chi connectivity index (χ2v) is 6.46. The molecule has 2 heterocycles. The van der Waals surface area contributed by atoms with Gasteiger partial charge >= 0.3 is 0 Å². The van der Waals surface area contributed by atoms with Crippen molar-refractivity contribution in [2.24, 2.45) is 12.0 Å². The highest BCUT2D eigenvalue weighted by atomic mass is 127. The van der Waals surface area contributed by atoms with E-state index in [9.17, 15) is 0 Å². The number of hydrogen-bond donors (Lipinski definition) is 1. The van der Waals surface area contributed by atoms with Gasteiger partial charge in [-0.25, -0.2) is 0 Å². The molecular formula is C16H26IN5S. The van der Waals surface area contributed by atoms with Gasteiger partial charge in [0.2, 0.25) is 0 Å². The summed E-state index contributed by atoms with van der Waals surface area (Å²) in [5.41, 5.74) is 3.51. The second kappa shape index (κ2) is 9.27. The fourth-order valence-electron chi connectivity index (χ4n) is 2.46. The van der Waals surface area contributed by atoms with Crippen molar-refractivity contribution in [1.82, 2.24) is 20.0 Å². The molecule has 2 aromatic heterocycles. The molecule has 0 bridgehead atoms. The molecule has 0 radical (unpaired) electrons. The van der Waals surface area contributed by atoms with E-state index in [1.165, 1.54) is 16.1 Å². The van der Waals surface area contributed by atoms with Gasteiger partial charge in [-0.15, -0.1) is 35.3 Å². The number of rotatable bonds is 5. The Morgan fingerprint density at radius 3 is 2.70 bits per heavy atom. The quantitative estimate of drug-likeness (QED) is 0.436. The van der Waals surface area contributed by atoms with Crippen LogP contribution in [0.3, 0.4) is 0 Å². The smallest absolute Gasteiger partial charge is 0.193 e. The lowest BCUT2D eigenvalue weighted by Gasteiger charge is -2.22. The lowest BCUT2D eigenvalue weighted by Crippen LogP contribution is -2.39. The molecule has 0 saturated carbocycles. The Kier molecular flexibility index (Phi) is 8.04. The first-order chi connectivity index (χ1) is 10.5. The molecule has 128 valence electrons. The van der Waals surface area contributed by atoms with Gasteiger partial charge in [0.15, 0.2) is 5.96 Å². The Balaban J connectivity index is 0.00000264. The maximum Gasteiger partial charge on any atom is 0.193 e. The van der Waals surface area contributed by atoms with E-state index in [1.54, 1.807) is 11.3 Å². The highest BCUT2D eigenvalue weighted by Crippen LogP contribution is 2.12. The van der Waals surface area contributed by atoms with Crippen LogP contribution in [0.4, 0.5) is 0 Å². The van der Waals surface area contributed by atoms with Gasteiger partial charge in [-0.05, 0) is 31.7 Å². The van der Waals surface area contributed by atoms with E-state index >= 15 is 0 Å². The summed E-state index contributed by atoms with van der Waals surface area (Å²) in [4.78, 5) is 7.95. The molecule has 7 heteroatoms. The predicted molar refractivity (Wildman–Crippen MR) is 109 cm³/mol. The lowest BCUT2D eigenvalue weighted by molar-refractivity contribution is 0.486. The van der Waals surface area contributed by atoms with Crippen molar-refractivity contribution >= 4 is 41.3 Å². The number of aryl methyl sites for hydroxylation is 2. The molecule has 0 atom stereocenters. The Morgan fingerprint density at radius 1 is 1.43 bits per heavy atom. The fourth-order valence-corrected chi connectivity index (χ4v) is 3.16. The van der Waals surface area contributed by atoms with Crippen LogP contribution in [0.25, 0.3) is 0 Å². The summed E-state index contributed by atoms with van der Waals surface area (Å²) in [7, 11) is 5.88. The summed E-state index contributed by atoms with van der Waals surface area (Å²) >= 11 is 1.80. The molecule has 0 fully saturated rings. The molecular weight excluding hydrogens is 421 g/mol. The van der Waals surface area contributed by atoms with E-state index in [2.05, 4.69) is 51.8 Å². The predicted octanol–water partition coefficient (Wildman–Crippen LogP) is 2.97. The van der Waals surface area contributed by atoms with Gasteiger partial charge in [0.25, 0.3) is 0 Å². The van der Waals surface area contributed by atoms with E-state index in [-0.39, 0.29) is 24.0 Å². The van der Waals surface area contributed by atoms with E-state index in [0.29, 0.717) is 0 Å². The van der Waals surface area contributed by atoms with E-state index < -0.39 is 0 Å². The maximum absolute atomic E-state index is 4.45. The van der Waals surface area contributed by atoms with Crippen LogP contribution >= 0.6 is 35.3 Å². The van der Waals surface area contributed by atoms with Crippen LogP contribution in [0, 0.1) is 13.8 Å². The highest BCUT2D eigenvalue weighted by Gasteiger charge is 2.11. The van der Waals surface area contributed by atoms with Gasteiger partial charge in [0.05, 0.1) is 5.69 Å². The normalized spacial score (nSPS) is 11.3. The molecule has 5 nitrogen and oxygen atoms in total. The minimum absolute atomic E-state index is 0. The highest BCUT2D eigenvalue weighted by molar-refractivity contribution is 14.0. The molecule has 0 saturated heterocycles. The molecule has 0 aliphatic carbocycles. The second-order valence-electron chi connectivity index (χ2n) is 5.42. The molecule has 2 rings (SSSR count). The molecule has 0 amide bonds. The number of halogens is 1. The van der Waals surface area contributed by atoms with Gasteiger partial charge in [-0.1, -0.05) is 6.07 Å². The Morgan fingerprint density at radius 2 is 2.17 bits per heavy atom. The van der Waals surface area contributed by atoms with Crippen molar-refractivity contribution in [3.8, 4) is 0 Å². The van der Waals surface area contributed by atoms with Crippen molar-refractivity contribution in [3.05, 3.63) is 39.3 Å². The summed E-state index contributed by atoms with van der Waals surface area (Å²) in [5, 5.41) is 10.0. The third-order valence-electron chi connectivity index (χ3n) is 3.93. The summed E-state index contributed by atoms with van der Waals surface area (Å²) in [5.74, 6) is 0.916. The Bertz CT molecular complexity index is 633. The summed E-state index contributed by atoms with van der Waals surface area (Å²) in [6.07, 6.45) is 1.04. The fraction of sp³-hybridized carbons (Fsp3) is 0.500. The number of hydrogen-bond acceptors (Lipinski definition) is 3. The summed E-state index contributed by atoms with van der Waals surface area (Å²) < 4.78 is 1.93. The van der Waals surface area contributed by atoms with Crippen molar-refractivity contribution < 1.29 is 0 Å². The molecule has 0 spiro atoms. The average molecular weight is 447 g/mol. The monoisotopic (exact) mass is 447 g/mol. The van der Waals surface area contributed by atoms with Gasteiger partial charge in [-0.2, -0.15) is 5.10 Å². The van der Waals surface area contributed by atoms with Gasteiger partial charge in [-0.3, -0.25) is 9.67 Å². The number of thiophene rings is 1. The molecule has 0 aliphatic rings. The molecule has 0 aromatic carbocycles. The van der Waals surface area contributed by atoms with Crippen LogP contribution in [0.15, 0.2) is 22.5 Å². The van der Waals surface area contributed by atoms with Crippen LogP contribution in [0.1, 0.15) is 21.8 Å². The van der Waals surface area contributed by atoms with E-state index in [4.69, 9.17) is 0 Å². The summed E-state index contributed by atoms with van der Waals surface area (Å²) in [6, 6.07) is 4.28. The molecule has 1 N–H and O–H groups in total. The number of nitrogens with one attached hydrogen (secondary N) is 1. The average Bonchev–Trinajstić information content (AvgIpc) is 3.09. The van der Waals surface area contributed by atoms with Gasteiger partial charge in [0.1, 0.15) is 0 Å². The van der Waals surface area contributed by atoms with E-state index in [1.807, 2.05) is 25.7 Å². The number of guanidine groups is 1. The minimum Gasteiger partial charge on any atom is -0.352 e. The Hall–Kier alpha value is -1.09. The number of aliphatic imine (C=N–C) groups is 1. The number of nitrogens with zero attached hydrogens (tertiary/aromatic N) is 4. The van der Waals surface area contributed by atoms with Crippen molar-refractivity contribution in [2.45, 2.75) is 26.8 Å². The van der Waals surface area contributed by atoms with Gasteiger partial charge < -0.3 is 10.2 Å². The van der Waals surface area contributed by atoms with E-state index in [0.717, 1.165) is 31.2 Å². The Labute approximate surface area is 159 Å². The SMILES string of the molecule is CN=C(NCc1c(C)nn(C)c1C)N(C)CCc1cccs1.I. The van der Waals surface area contributed by atoms with Crippen LogP contribution in [-0.4, -0.2) is 41.3 Å². The van der Waals surface area contributed by atoms with Crippen molar-refractivity contribution in [2.75, 3.05) is 20.6 Å². The molecule has 0 aliphatic heterocycles. The minimum atomic E-state index is 0. The van der Waals surface area contributed by atoms with Crippen LogP contribution in [0.5, 0.6) is 0 Å². The summed E-state index contributed by atoms with van der Waals surface area (Å²) in [6.45, 7) is 5.85. The van der Waals surface area contributed by atoms with Crippen molar-refractivity contribution in [1.29, 1.82) is 0 Å².